The molecule has 148 valence electrons. The van der Waals surface area contributed by atoms with Crippen molar-refractivity contribution in [3.05, 3.63) is 34.0 Å². The number of hydrogen-bond acceptors (Lipinski definition) is 4. The molecule has 27 heavy (non-hydrogen) atoms. The molecule has 0 aromatic carbocycles. The lowest BCUT2D eigenvalue weighted by atomic mass is 9.87. The molecule has 1 atom stereocenters. The van der Waals surface area contributed by atoms with Crippen LogP contribution in [0.5, 0.6) is 0 Å². The Morgan fingerprint density at radius 2 is 2.19 bits per heavy atom. The first-order valence-corrected chi connectivity index (χ1v) is 10.9. The summed E-state index contributed by atoms with van der Waals surface area (Å²) in [6.07, 6.45) is 3.79. The quantitative estimate of drug-likeness (QED) is 0.582. The molecule has 0 radical (unpaired) electrons. The molecule has 0 saturated carbocycles. The van der Waals surface area contributed by atoms with Crippen LogP contribution in [0.1, 0.15) is 49.6 Å². The fraction of sp³-hybridized carbons (Fsp3) is 0.650. The van der Waals surface area contributed by atoms with Crippen molar-refractivity contribution < 1.29 is 0 Å². The van der Waals surface area contributed by atoms with Gasteiger partial charge in [0.1, 0.15) is 12.4 Å². The third kappa shape index (κ3) is 4.89. The van der Waals surface area contributed by atoms with Crippen LogP contribution in [-0.4, -0.2) is 38.7 Å². The molecule has 1 aliphatic heterocycles. The lowest BCUT2D eigenvalue weighted by molar-refractivity contribution is 0.319. The molecule has 1 saturated heterocycles. The number of aliphatic imine (C=N–C) groups is 1. The summed E-state index contributed by atoms with van der Waals surface area (Å²) in [6, 6.07) is 4.26. The molecule has 3 heterocycles. The first-order chi connectivity index (χ1) is 13.1. The lowest BCUT2D eigenvalue weighted by Crippen LogP contribution is -2.40. The fourth-order valence-corrected chi connectivity index (χ4v) is 4.55. The highest BCUT2D eigenvalue weighted by Crippen LogP contribution is 2.28. The molecule has 2 aromatic rings. The zero-order valence-corrected chi connectivity index (χ0v) is 17.8. The van der Waals surface area contributed by atoms with E-state index in [0.29, 0.717) is 6.54 Å². The van der Waals surface area contributed by atoms with E-state index in [2.05, 4.69) is 51.8 Å². The number of aryl methyl sites for hydroxylation is 1. The van der Waals surface area contributed by atoms with Gasteiger partial charge in [-0.25, -0.2) is 4.99 Å². The molecular weight excluding hydrogens is 356 g/mol. The maximum Gasteiger partial charge on any atom is 0.194 e. The topological polar surface area (TPSA) is 58.3 Å². The van der Waals surface area contributed by atoms with Crippen LogP contribution in [0.4, 0.5) is 0 Å². The Labute approximate surface area is 166 Å². The summed E-state index contributed by atoms with van der Waals surface area (Å²) in [5.74, 6) is 4.40. The maximum atomic E-state index is 4.91. The van der Waals surface area contributed by atoms with Gasteiger partial charge >= 0.3 is 0 Å². The van der Waals surface area contributed by atoms with E-state index in [1.54, 1.807) is 11.3 Å². The number of likely N-dealkylation sites (tertiary alicyclic amines) is 1. The highest BCUT2D eigenvalue weighted by Gasteiger charge is 2.29. The molecule has 1 fully saturated rings. The molecule has 0 bridgehead atoms. The fourth-order valence-electron chi connectivity index (χ4n) is 3.90. The van der Waals surface area contributed by atoms with Crippen LogP contribution in [0.2, 0.25) is 0 Å². The summed E-state index contributed by atoms with van der Waals surface area (Å²) >= 11 is 1.78. The standard InChI is InChI=1S/C20H32N6S/c1-5-16(6-2)17-9-10-26(14-17)20(21-12-18-8-7-11-27-18)22-13-19-24-23-15(3)25(19)4/h7-8,11,16-17H,5-6,9-10,12-14H2,1-4H3,(H,21,22). The Hall–Kier alpha value is -1.89. The number of guanidine groups is 1. The van der Waals surface area contributed by atoms with Crippen LogP contribution >= 0.6 is 11.3 Å². The van der Waals surface area contributed by atoms with Crippen molar-refractivity contribution in [2.75, 3.05) is 13.1 Å². The number of nitrogens with zero attached hydrogens (tertiary/aromatic N) is 5. The van der Waals surface area contributed by atoms with Crippen molar-refractivity contribution in [1.82, 2.24) is 25.0 Å². The maximum absolute atomic E-state index is 4.91. The monoisotopic (exact) mass is 388 g/mol. The zero-order chi connectivity index (χ0) is 19.2. The highest BCUT2D eigenvalue weighted by molar-refractivity contribution is 7.09. The van der Waals surface area contributed by atoms with Crippen LogP contribution in [-0.2, 0) is 20.1 Å². The van der Waals surface area contributed by atoms with Crippen LogP contribution < -0.4 is 5.32 Å². The minimum Gasteiger partial charge on any atom is -0.351 e. The Kier molecular flexibility index (Phi) is 6.88. The van der Waals surface area contributed by atoms with E-state index < -0.39 is 0 Å². The molecule has 0 spiro atoms. The second-order valence-corrected chi connectivity index (χ2v) is 8.40. The van der Waals surface area contributed by atoms with Crippen LogP contribution in [0.25, 0.3) is 0 Å². The first kappa shape index (κ1) is 19.9. The van der Waals surface area contributed by atoms with Gasteiger partial charge in [-0.2, -0.15) is 0 Å². The second kappa shape index (κ2) is 9.35. The van der Waals surface area contributed by atoms with Gasteiger partial charge < -0.3 is 14.8 Å². The molecule has 2 aromatic heterocycles. The molecule has 3 rings (SSSR count). The molecule has 1 aliphatic rings. The van der Waals surface area contributed by atoms with E-state index >= 15 is 0 Å². The molecule has 1 unspecified atom stereocenters. The van der Waals surface area contributed by atoms with E-state index in [0.717, 1.165) is 49.1 Å². The number of aromatic nitrogens is 3. The van der Waals surface area contributed by atoms with E-state index in [4.69, 9.17) is 4.99 Å². The molecule has 6 nitrogen and oxygen atoms in total. The largest absolute Gasteiger partial charge is 0.351 e. The first-order valence-electron chi connectivity index (χ1n) is 10.0. The molecule has 1 N–H and O–H groups in total. The highest BCUT2D eigenvalue weighted by atomic mass is 32.1. The number of thiophene rings is 1. The van der Waals surface area contributed by atoms with Gasteiger partial charge in [-0.15, -0.1) is 21.5 Å². The number of rotatable bonds is 7. The van der Waals surface area contributed by atoms with E-state index in [1.165, 1.54) is 24.1 Å². The Morgan fingerprint density at radius 1 is 1.37 bits per heavy atom. The Bertz CT molecular complexity index is 732. The van der Waals surface area contributed by atoms with Crippen molar-refractivity contribution in [3.8, 4) is 0 Å². The van der Waals surface area contributed by atoms with Gasteiger partial charge in [0, 0.05) is 25.0 Å². The normalized spacial score (nSPS) is 17.9. The summed E-state index contributed by atoms with van der Waals surface area (Å²) in [5.41, 5.74) is 0. The minimum absolute atomic E-state index is 0.552. The Morgan fingerprint density at radius 3 is 2.81 bits per heavy atom. The summed E-state index contributed by atoms with van der Waals surface area (Å²) in [5, 5.41) is 14.1. The molecular formula is C20H32N6S. The van der Waals surface area contributed by atoms with Gasteiger partial charge in [-0.05, 0) is 36.6 Å². The predicted molar refractivity (Wildman–Crippen MR) is 112 cm³/mol. The van der Waals surface area contributed by atoms with E-state index in [9.17, 15) is 0 Å². The average molecular weight is 389 g/mol. The van der Waals surface area contributed by atoms with Crippen molar-refractivity contribution >= 4 is 17.3 Å². The third-order valence-electron chi connectivity index (χ3n) is 5.79. The van der Waals surface area contributed by atoms with Gasteiger partial charge in [0.25, 0.3) is 0 Å². The summed E-state index contributed by atoms with van der Waals surface area (Å²) < 4.78 is 2.01. The average Bonchev–Trinajstić information content (AvgIpc) is 3.41. The third-order valence-corrected chi connectivity index (χ3v) is 6.67. The van der Waals surface area contributed by atoms with Crippen LogP contribution in [0.15, 0.2) is 22.5 Å². The van der Waals surface area contributed by atoms with Crippen molar-refractivity contribution in [2.45, 2.75) is 53.1 Å². The zero-order valence-electron chi connectivity index (χ0n) is 17.0. The van der Waals surface area contributed by atoms with Crippen LogP contribution in [0, 0.1) is 18.8 Å². The number of hydrogen-bond donors (Lipinski definition) is 1. The van der Waals surface area contributed by atoms with Gasteiger partial charge in [-0.3, -0.25) is 0 Å². The Balaban J connectivity index is 1.71. The molecule has 0 aliphatic carbocycles. The van der Waals surface area contributed by atoms with Crippen molar-refractivity contribution in [2.24, 2.45) is 23.9 Å². The van der Waals surface area contributed by atoms with Gasteiger partial charge in [0.2, 0.25) is 0 Å². The summed E-state index contributed by atoms with van der Waals surface area (Å²) in [6.45, 7) is 10.2. The SMILES string of the molecule is CCC(CC)C1CCN(C(=NCc2nnc(C)n2C)NCc2cccs2)C1. The lowest BCUT2D eigenvalue weighted by Gasteiger charge is -2.24. The van der Waals surface area contributed by atoms with E-state index in [-0.39, 0.29) is 0 Å². The van der Waals surface area contributed by atoms with E-state index in [1.807, 2.05) is 18.5 Å². The minimum atomic E-state index is 0.552. The molecule has 7 heteroatoms. The van der Waals surface area contributed by atoms with Crippen molar-refractivity contribution in [3.63, 3.8) is 0 Å². The van der Waals surface area contributed by atoms with Crippen LogP contribution in [0.3, 0.4) is 0 Å². The summed E-state index contributed by atoms with van der Waals surface area (Å²) in [4.78, 5) is 8.66. The molecule has 0 amide bonds. The number of nitrogens with one attached hydrogen (secondary N) is 1. The second-order valence-electron chi connectivity index (χ2n) is 7.37. The van der Waals surface area contributed by atoms with Gasteiger partial charge in [-0.1, -0.05) is 32.8 Å². The predicted octanol–water partition coefficient (Wildman–Crippen LogP) is 3.59. The smallest absolute Gasteiger partial charge is 0.194 e. The van der Waals surface area contributed by atoms with Gasteiger partial charge in [0.15, 0.2) is 11.8 Å². The van der Waals surface area contributed by atoms with Crippen molar-refractivity contribution in [1.29, 1.82) is 0 Å². The summed E-state index contributed by atoms with van der Waals surface area (Å²) in [7, 11) is 2.00. The van der Waals surface area contributed by atoms with Gasteiger partial charge in [0.05, 0.1) is 6.54 Å².